The van der Waals surface area contributed by atoms with Gasteiger partial charge in [0.2, 0.25) is 11.8 Å². The molecular weight excluding hydrogens is 467 g/mol. The molecule has 0 saturated carbocycles. The Hall–Kier alpha value is -4.22. The largest absolute Gasteiger partial charge is 0.453 e. The number of carbonyl (C=O) groups is 1. The number of halogens is 2. The molecule has 4 aromatic rings. The van der Waals surface area contributed by atoms with Crippen LogP contribution < -0.4 is 21.1 Å². The molecular formula is C22H18ClFN6O4. The number of aliphatic hydroxyl groups excluding tert-OH is 1. The lowest BCUT2D eigenvalue weighted by Gasteiger charge is -2.12. The van der Waals surface area contributed by atoms with Crippen molar-refractivity contribution in [3.05, 3.63) is 71.6 Å². The summed E-state index contributed by atoms with van der Waals surface area (Å²) in [5.41, 5.74) is 7.28. The number of ether oxygens (including phenoxy) is 1. The Bertz CT molecular complexity index is 1330. The van der Waals surface area contributed by atoms with Crippen molar-refractivity contribution in [1.29, 1.82) is 0 Å². The van der Waals surface area contributed by atoms with E-state index < -0.39 is 18.3 Å². The molecule has 0 bridgehead atoms. The molecule has 0 radical (unpaired) electrons. The van der Waals surface area contributed by atoms with Crippen LogP contribution in [0.3, 0.4) is 0 Å². The first-order valence-electron chi connectivity index (χ1n) is 9.86. The molecule has 0 aliphatic carbocycles. The van der Waals surface area contributed by atoms with E-state index in [1.807, 2.05) is 0 Å². The number of benzene rings is 2. The Morgan fingerprint density at radius 2 is 2.03 bits per heavy atom. The summed E-state index contributed by atoms with van der Waals surface area (Å²) < 4.78 is 24.9. The molecule has 1 amide bonds. The maximum absolute atomic E-state index is 13.9. The zero-order chi connectivity index (χ0) is 24.1. The summed E-state index contributed by atoms with van der Waals surface area (Å²) in [6, 6.07) is 10.8. The van der Waals surface area contributed by atoms with Crippen molar-refractivity contribution in [1.82, 2.24) is 20.3 Å². The van der Waals surface area contributed by atoms with E-state index in [0.29, 0.717) is 22.8 Å². The van der Waals surface area contributed by atoms with Crippen molar-refractivity contribution in [3.63, 3.8) is 0 Å². The first kappa shape index (κ1) is 23.0. The number of nitrogens with two attached hydrogens (primary N) is 1. The zero-order valence-electron chi connectivity index (χ0n) is 17.5. The minimum atomic E-state index is -0.634. The first-order chi connectivity index (χ1) is 16.4. The number of oxazole rings is 1. The van der Waals surface area contributed by atoms with Gasteiger partial charge in [0.05, 0.1) is 17.3 Å². The van der Waals surface area contributed by atoms with Gasteiger partial charge in [0.15, 0.2) is 11.6 Å². The number of hydrogen-bond donors (Lipinski definition) is 4. The lowest BCUT2D eigenvalue weighted by atomic mass is 10.2. The topological polar surface area (TPSA) is 148 Å². The third-order valence-corrected chi connectivity index (χ3v) is 4.80. The predicted octanol–water partition coefficient (Wildman–Crippen LogP) is 3.65. The van der Waals surface area contributed by atoms with Gasteiger partial charge in [-0.15, -0.1) is 0 Å². The lowest BCUT2D eigenvalue weighted by molar-refractivity contribution is -0.123. The van der Waals surface area contributed by atoms with Crippen LogP contribution in [0.5, 0.6) is 11.5 Å². The molecule has 2 aromatic heterocycles. The molecule has 0 atom stereocenters. The van der Waals surface area contributed by atoms with E-state index in [-0.39, 0.29) is 34.8 Å². The highest BCUT2D eigenvalue weighted by Crippen LogP contribution is 2.36. The van der Waals surface area contributed by atoms with E-state index in [2.05, 4.69) is 25.6 Å². The number of para-hydroxylation sites is 1. The standard InChI is InChI=1S/C22H18ClFN6O4/c23-14-7-12(5-6-16(14)34-17-4-2-1-3-15(17)24)29-21-19(20(25)27-11-28-21)22-30-13(10-33-22)8-26-18(32)9-31/h1-7,10-11,31H,8-9H2,(H,26,32)(H3,25,27,28,29). The minimum Gasteiger partial charge on any atom is -0.453 e. The molecule has 0 unspecified atom stereocenters. The highest BCUT2D eigenvalue weighted by Gasteiger charge is 2.18. The summed E-state index contributed by atoms with van der Waals surface area (Å²) >= 11 is 6.33. The second-order valence-electron chi connectivity index (χ2n) is 6.86. The number of aliphatic hydroxyl groups is 1. The number of carbonyl (C=O) groups excluding carboxylic acids is 1. The van der Waals surface area contributed by atoms with Crippen LogP contribution >= 0.6 is 11.6 Å². The second kappa shape index (κ2) is 10.1. The monoisotopic (exact) mass is 484 g/mol. The van der Waals surface area contributed by atoms with E-state index in [1.165, 1.54) is 24.7 Å². The highest BCUT2D eigenvalue weighted by molar-refractivity contribution is 6.32. The van der Waals surface area contributed by atoms with Gasteiger partial charge in [0.1, 0.15) is 42.1 Å². The van der Waals surface area contributed by atoms with Gasteiger partial charge in [-0.1, -0.05) is 23.7 Å². The third kappa shape index (κ3) is 5.22. The van der Waals surface area contributed by atoms with Gasteiger partial charge >= 0.3 is 0 Å². The van der Waals surface area contributed by atoms with Crippen molar-refractivity contribution < 1.29 is 23.4 Å². The summed E-state index contributed by atoms with van der Waals surface area (Å²) in [5.74, 6) is -0.223. The van der Waals surface area contributed by atoms with Crippen molar-refractivity contribution >= 4 is 34.8 Å². The molecule has 0 aliphatic heterocycles. The highest BCUT2D eigenvalue weighted by atomic mass is 35.5. The van der Waals surface area contributed by atoms with E-state index >= 15 is 0 Å². The first-order valence-corrected chi connectivity index (χ1v) is 10.2. The maximum atomic E-state index is 13.9. The van der Waals surface area contributed by atoms with E-state index in [0.717, 1.165) is 0 Å². The molecule has 0 fully saturated rings. The Morgan fingerprint density at radius 1 is 1.21 bits per heavy atom. The normalized spacial score (nSPS) is 10.7. The minimum absolute atomic E-state index is 0.0471. The van der Waals surface area contributed by atoms with Crippen LogP contribution in [-0.4, -0.2) is 32.6 Å². The van der Waals surface area contributed by atoms with Crippen LogP contribution in [0.15, 0.2) is 59.5 Å². The fourth-order valence-electron chi connectivity index (χ4n) is 2.90. The summed E-state index contributed by atoms with van der Waals surface area (Å²) in [6.45, 7) is -0.580. The van der Waals surface area contributed by atoms with Crippen molar-refractivity contribution in [3.8, 4) is 23.0 Å². The predicted molar refractivity (Wildman–Crippen MR) is 122 cm³/mol. The summed E-state index contributed by atoms with van der Waals surface area (Å²) in [6.07, 6.45) is 2.61. The van der Waals surface area contributed by atoms with Crippen LogP contribution in [0.2, 0.25) is 5.02 Å². The average Bonchev–Trinajstić information content (AvgIpc) is 3.29. The van der Waals surface area contributed by atoms with Crippen molar-refractivity contribution in [2.24, 2.45) is 0 Å². The van der Waals surface area contributed by atoms with E-state index in [9.17, 15) is 9.18 Å². The summed E-state index contributed by atoms with van der Waals surface area (Å²) in [5, 5.41) is 14.6. The zero-order valence-corrected chi connectivity index (χ0v) is 18.2. The number of aromatic nitrogens is 3. The number of nitrogens with one attached hydrogen (secondary N) is 2. The molecule has 2 heterocycles. The van der Waals surface area contributed by atoms with Crippen LogP contribution in [0.1, 0.15) is 5.69 Å². The number of amides is 1. The number of hydrogen-bond acceptors (Lipinski definition) is 9. The van der Waals surface area contributed by atoms with Crippen LogP contribution in [0.4, 0.5) is 21.7 Å². The van der Waals surface area contributed by atoms with Crippen molar-refractivity contribution in [2.45, 2.75) is 6.54 Å². The molecule has 4 rings (SSSR count). The molecule has 2 aromatic carbocycles. The van der Waals surface area contributed by atoms with Gasteiger partial charge in [-0.25, -0.2) is 19.3 Å². The van der Waals surface area contributed by atoms with Gasteiger partial charge in [-0.05, 0) is 30.3 Å². The SMILES string of the molecule is Nc1ncnc(Nc2ccc(Oc3ccccc3F)c(Cl)c2)c1-c1nc(CNC(=O)CO)co1. The van der Waals surface area contributed by atoms with Crippen LogP contribution in [0, 0.1) is 5.82 Å². The van der Waals surface area contributed by atoms with Gasteiger partial charge in [-0.3, -0.25) is 4.79 Å². The van der Waals surface area contributed by atoms with E-state index in [4.69, 9.17) is 31.6 Å². The number of nitrogens with zero attached hydrogens (tertiary/aromatic N) is 3. The Labute approximate surface area is 197 Å². The molecule has 0 aliphatic rings. The lowest BCUT2D eigenvalue weighted by Crippen LogP contribution is -2.25. The number of anilines is 3. The van der Waals surface area contributed by atoms with Crippen LogP contribution in [0.25, 0.3) is 11.5 Å². The van der Waals surface area contributed by atoms with E-state index in [1.54, 1.807) is 30.3 Å². The second-order valence-corrected chi connectivity index (χ2v) is 7.27. The van der Waals surface area contributed by atoms with Gasteiger partial charge in [-0.2, -0.15) is 0 Å². The molecule has 34 heavy (non-hydrogen) atoms. The fraction of sp³-hybridized carbons (Fsp3) is 0.0909. The molecule has 5 N–H and O–H groups in total. The Balaban J connectivity index is 1.55. The Morgan fingerprint density at radius 3 is 2.79 bits per heavy atom. The molecule has 0 saturated heterocycles. The average molecular weight is 485 g/mol. The summed E-state index contributed by atoms with van der Waals surface area (Å²) in [4.78, 5) is 23.7. The molecule has 174 valence electrons. The smallest absolute Gasteiger partial charge is 0.246 e. The summed E-state index contributed by atoms with van der Waals surface area (Å²) in [7, 11) is 0. The Kier molecular flexibility index (Phi) is 6.85. The van der Waals surface area contributed by atoms with Gasteiger partial charge < -0.3 is 30.6 Å². The van der Waals surface area contributed by atoms with Gasteiger partial charge in [0.25, 0.3) is 0 Å². The molecule has 0 spiro atoms. The van der Waals surface area contributed by atoms with Crippen molar-refractivity contribution in [2.75, 3.05) is 17.7 Å². The van der Waals surface area contributed by atoms with Gasteiger partial charge in [0, 0.05) is 5.69 Å². The third-order valence-electron chi connectivity index (χ3n) is 4.50. The molecule has 10 nitrogen and oxygen atoms in total. The molecule has 12 heteroatoms. The number of nitrogen functional groups attached to an aromatic ring is 1. The fourth-order valence-corrected chi connectivity index (χ4v) is 3.12. The van der Waals surface area contributed by atoms with Crippen LogP contribution in [-0.2, 0) is 11.3 Å². The maximum Gasteiger partial charge on any atom is 0.246 e. The number of rotatable bonds is 8. The quantitative estimate of drug-likeness (QED) is 0.294.